The molecule has 0 bridgehead atoms. The van der Waals surface area contributed by atoms with Gasteiger partial charge in [0.05, 0.1) is 16.0 Å². The zero-order valence-corrected chi connectivity index (χ0v) is 19.2. The van der Waals surface area contributed by atoms with Crippen LogP contribution in [0.4, 0.5) is 5.00 Å². The number of hydrogen-bond acceptors (Lipinski definition) is 5. The van der Waals surface area contributed by atoms with Crippen LogP contribution in [-0.4, -0.2) is 16.6 Å². The summed E-state index contributed by atoms with van der Waals surface area (Å²) < 4.78 is 1.19. The number of para-hydroxylation sites is 1. The number of nitrogens with zero attached hydrogens (tertiary/aromatic N) is 1. The van der Waals surface area contributed by atoms with Crippen LogP contribution in [0.2, 0.25) is 0 Å². The number of thiazole rings is 1. The SMILES string of the molecule is Cc1ccc(SCC(=O)Nc2sc3c(c2-c2nc4ccccc4s2)CCCC3)cc1. The van der Waals surface area contributed by atoms with E-state index in [-0.39, 0.29) is 5.91 Å². The van der Waals surface area contributed by atoms with E-state index < -0.39 is 0 Å². The van der Waals surface area contributed by atoms with Crippen LogP contribution in [0.25, 0.3) is 20.8 Å². The topological polar surface area (TPSA) is 42.0 Å². The molecule has 4 aromatic rings. The molecule has 152 valence electrons. The number of fused-ring (bicyclic) bond motifs is 2. The second-order valence-electron chi connectivity index (χ2n) is 7.55. The number of benzene rings is 2. The summed E-state index contributed by atoms with van der Waals surface area (Å²) in [5, 5.41) is 5.21. The second-order valence-corrected chi connectivity index (χ2v) is 10.7. The lowest BCUT2D eigenvalue weighted by atomic mass is 9.96. The third-order valence-electron chi connectivity index (χ3n) is 5.32. The van der Waals surface area contributed by atoms with E-state index in [0.29, 0.717) is 5.75 Å². The number of thioether (sulfide) groups is 1. The molecule has 2 heterocycles. The van der Waals surface area contributed by atoms with Crippen molar-refractivity contribution < 1.29 is 4.79 Å². The predicted molar refractivity (Wildman–Crippen MR) is 130 cm³/mol. The van der Waals surface area contributed by atoms with Crippen LogP contribution in [0, 0.1) is 6.92 Å². The van der Waals surface area contributed by atoms with Gasteiger partial charge in [-0.15, -0.1) is 34.4 Å². The average molecular weight is 451 g/mol. The van der Waals surface area contributed by atoms with Crippen LogP contribution in [0.3, 0.4) is 0 Å². The number of rotatable bonds is 5. The van der Waals surface area contributed by atoms with E-state index in [1.165, 1.54) is 33.5 Å². The summed E-state index contributed by atoms with van der Waals surface area (Å²) in [6.45, 7) is 2.07. The van der Waals surface area contributed by atoms with Gasteiger partial charge in [-0.2, -0.15) is 0 Å². The van der Waals surface area contributed by atoms with Crippen LogP contribution < -0.4 is 5.32 Å². The minimum atomic E-state index is 0.0431. The van der Waals surface area contributed by atoms with Crippen molar-refractivity contribution in [3.63, 3.8) is 0 Å². The fourth-order valence-corrected chi connectivity index (χ4v) is 6.92. The van der Waals surface area contributed by atoms with Gasteiger partial charge >= 0.3 is 0 Å². The molecule has 0 saturated carbocycles. The normalized spacial score (nSPS) is 13.4. The van der Waals surface area contributed by atoms with Gasteiger partial charge in [0.1, 0.15) is 10.0 Å². The molecule has 0 aliphatic heterocycles. The first-order chi connectivity index (χ1) is 14.7. The number of carbonyl (C=O) groups excluding carboxylic acids is 1. The zero-order chi connectivity index (χ0) is 20.5. The van der Waals surface area contributed by atoms with E-state index in [9.17, 15) is 4.79 Å². The van der Waals surface area contributed by atoms with Crippen molar-refractivity contribution in [1.29, 1.82) is 0 Å². The first kappa shape index (κ1) is 19.8. The number of anilines is 1. The van der Waals surface area contributed by atoms with E-state index in [0.717, 1.165) is 38.8 Å². The molecule has 1 aliphatic rings. The number of aromatic nitrogens is 1. The van der Waals surface area contributed by atoms with Crippen LogP contribution in [0.5, 0.6) is 0 Å². The molecule has 1 aliphatic carbocycles. The Balaban J connectivity index is 1.42. The maximum atomic E-state index is 12.8. The largest absolute Gasteiger partial charge is 0.316 e. The van der Waals surface area contributed by atoms with E-state index >= 15 is 0 Å². The number of hydrogen-bond donors (Lipinski definition) is 1. The van der Waals surface area contributed by atoms with Crippen molar-refractivity contribution in [1.82, 2.24) is 4.98 Å². The van der Waals surface area contributed by atoms with Gasteiger partial charge in [0.25, 0.3) is 0 Å². The molecule has 30 heavy (non-hydrogen) atoms. The Bertz CT molecular complexity index is 1170. The second kappa shape index (κ2) is 8.53. The molecule has 0 saturated heterocycles. The summed E-state index contributed by atoms with van der Waals surface area (Å²) in [5.74, 6) is 0.451. The lowest BCUT2D eigenvalue weighted by molar-refractivity contribution is -0.113. The van der Waals surface area contributed by atoms with E-state index in [2.05, 4.69) is 54.7 Å². The molecule has 5 rings (SSSR count). The molecule has 1 N–H and O–H groups in total. The molecule has 6 heteroatoms. The van der Waals surface area contributed by atoms with Crippen LogP contribution >= 0.6 is 34.4 Å². The predicted octanol–water partition coefficient (Wildman–Crippen LogP) is 6.94. The maximum Gasteiger partial charge on any atom is 0.235 e. The fourth-order valence-electron chi connectivity index (χ4n) is 3.81. The van der Waals surface area contributed by atoms with E-state index in [1.807, 2.05) is 6.07 Å². The summed E-state index contributed by atoms with van der Waals surface area (Å²) in [4.78, 5) is 20.2. The van der Waals surface area contributed by atoms with Gasteiger partial charge in [0.2, 0.25) is 5.91 Å². The average Bonchev–Trinajstić information content (AvgIpc) is 3.33. The molecule has 2 aromatic heterocycles. The third-order valence-corrected chi connectivity index (χ3v) is 8.60. The Labute approximate surface area is 188 Å². The molecule has 0 spiro atoms. The van der Waals surface area contributed by atoms with Crippen LogP contribution in [0.1, 0.15) is 28.8 Å². The van der Waals surface area contributed by atoms with Crippen molar-refractivity contribution in [2.45, 2.75) is 37.5 Å². The summed E-state index contributed by atoms with van der Waals surface area (Å²) in [5.41, 5.74) is 4.81. The Morgan fingerprint density at radius 2 is 1.87 bits per heavy atom. The Kier molecular flexibility index (Phi) is 5.63. The van der Waals surface area contributed by atoms with Gasteiger partial charge in [0, 0.05) is 15.3 Å². The molecular formula is C24H22N2OS3. The summed E-state index contributed by atoms with van der Waals surface area (Å²) >= 11 is 5.04. The highest BCUT2D eigenvalue weighted by Gasteiger charge is 2.25. The standard InChI is InChI=1S/C24H22N2OS3/c1-15-10-12-16(13-11-15)28-14-21(27)26-24-22(17-6-2-4-8-19(17)29-24)23-25-18-7-3-5-9-20(18)30-23/h3,5,7,9-13H,2,4,6,8,14H2,1H3,(H,26,27). The van der Waals surface area contributed by atoms with Crippen LogP contribution in [-0.2, 0) is 17.6 Å². The number of nitrogens with one attached hydrogen (secondary N) is 1. The summed E-state index contributed by atoms with van der Waals surface area (Å²) in [6, 6.07) is 16.6. The molecule has 1 amide bonds. The smallest absolute Gasteiger partial charge is 0.235 e. The quantitative estimate of drug-likeness (QED) is 0.335. The first-order valence-corrected chi connectivity index (χ1v) is 12.8. The van der Waals surface area contributed by atoms with Gasteiger partial charge < -0.3 is 5.32 Å². The lowest BCUT2D eigenvalue weighted by Gasteiger charge is -2.11. The Hall–Kier alpha value is -2.15. The van der Waals surface area contributed by atoms with Gasteiger partial charge in [-0.3, -0.25) is 4.79 Å². The van der Waals surface area contributed by atoms with E-state index in [1.54, 1.807) is 34.4 Å². The highest BCUT2D eigenvalue weighted by atomic mass is 32.2. The number of amides is 1. The van der Waals surface area contributed by atoms with Crippen molar-refractivity contribution in [2.24, 2.45) is 0 Å². The maximum absolute atomic E-state index is 12.8. The minimum Gasteiger partial charge on any atom is -0.316 e. The van der Waals surface area contributed by atoms with E-state index in [4.69, 9.17) is 4.98 Å². The van der Waals surface area contributed by atoms with Gasteiger partial charge in [0.15, 0.2) is 0 Å². The monoisotopic (exact) mass is 450 g/mol. The fraction of sp³-hybridized carbons (Fsp3) is 0.250. The molecule has 0 atom stereocenters. The number of thiophene rings is 1. The van der Waals surface area contributed by atoms with Gasteiger partial charge in [-0.25, -0.2) is 4.98 Å². The van der Waals surface area contributed by atoms with Gasteiger partial charge in [-0.1, -0.05) is 29.8 Å². The molecule has 0 radical (unpaired) electrons. The first-order valence-electron chi connectivity index (χ1n) is 10.2. The van der Waals surface area contributed by atoms with Crippen molar-refractivity contribution >= 4 is 55.6 Å². The Morgan fingerprint density at radius 1 is 1.07 bits per heavy atom. The highest BCUT2D eigenvalue weighted by molar-refractivity contribution is 8.00. The van der Waals surface area contributed by atoms with Crippen molar-refractivity contribution in [3.8, 4) is 10.6 Å². The molecule has 0 unspecified atom stereocenters. The van der Waals surface area contributed by atoms with Crippen molar-refractivity contribution in [2.75, 3.05) is 11.1 Å². The number of carbonyl (C=O) groups is 1. The lowest BCUT2D eigenvalue weighted by Crippen LogP contribution is -2.13. The molecular weight excluding hydrogens is 428 g/mol. The summed E-state index contributed by atoms with van der Waals surface area (Å²) in [6.07, 6.45) is 4.61. The Morgan fingerprint density at radius 3 is 2.70 bits per heavy atom. The number of aryl methyl sites for hydroxylation is 2. The molecule has 2 aromatic carbocycles. The summed E-state index contributed by atoms with van der Waals surface area (Å²) in [7, 11) is 0. The third kappa shape index (κ3) is 4.04. The van der Waals surface area contributed by atoms with Crippen LogP contribution in [0.15, 0.2) is 53.4 Å². The van der Waals surface area contributed by atoms with Crippen molar-refractivity contribution in [3.05, 3.63) is 64.5 Å². The zero-order valence-electron chi connectivity index (χ0n) is 16.7. The highest BCUT2D eigenvalue weighted by Crippen LogP contribution is 2.46. The van der Waals surface area contributed by atoms with Gasteiger partial charge in [-0.05, 0) is 62.4 Å². The molecule has 3 nitrogen and oxygen atoms in total. The molecule has 0 fully saturated rings. The minimum absolute atomic E-state index is 0.0431.